The molecule has 0 saturated heterocycles. The van der Waals surface area contributed by atoms with Crippen LogP contribution in [0, 0.1) is 11.6 Å². The summed E-state index contributed by atoms with van der Waals surface area (Å²) >= 11 is 0. The maximum Gasteiger partial charge on any atom is 0.321 e. The number of amides is 2. The number of anilines is 1. The number of methoxy groups -OCH3 is 1. The standard InChI is InChI=1S/C26H37F2N3O5/c1-3-4-5-6-8-14-31(26(33)29-24-12-11-20(27)17-23(24)28)15-9-7-10-21-18-22(36-30-21)19-35-16-13-25(32)34-2/h11-12,17-18H,3-10,13-16,19H2,1-2H3,(H,29,33). The van der Waals surface area contributed by atoms with Crippen molar-refractivity contribution >= 4 is 17.7 Å². The monoisotopic (exact) mass is 509 g/mol. The van der Waals surface area contributed by atoms with Gasteiger partial charge in [0.1, 0.15) is 18.2 Å². The topological polar surface area (TPSA) is 93.9 Å². The normalized spacial score (nSPS) is 10.9. The second-order valence-corrected chi connectivity index (χ2v) is 8.58. The second kappa shape index (κ2) is 16.6. The highest BCUT2D eigenvalue weighted by atomic mass is 19.1. The van der Waals surface area contributed by atoms with Gasteiger partial charge in [-0.1, -0.05) is 37.8 Å². The molecule has 2 rings (SSSR count). The van der Waals surface area contributed by atoms with Gasteiger partial charge >= 0.3 is 12.0 Å². The number of aryl methyl sites for hydroxylation is 1. The van der Waals surface area contributed by atoms with Gasteiger partial charge in [0.15, 0.2) is 5.76 Å². The molecule has 10 heteroatoms. The molecule has 0 spiro atoms. The summed E-state index contributed by atoms with van der Waals surface area (Å²) in [5, 5.41) is 6.60. The summed E-state index contributed by atoms with van der Waals surface area (Å²) in [5.41, 5.74) is 0.742. The van der Waals surface area contributed by atoms with E-state index in [4.69, 9.17) is 9.26 Å². The van der Waals surface area contributed by atoms with E-state index in [0.29, 0.717) is 25.3 Å². The fourth-order valence-electron chi connectivity index (χ4n) is 3.59. The summed E-state index contributed by atoms with van der Waals surface area (Å²) in [5.74, 6) is -1.26. The Kier molecular flexibility index (Phi) is 13.5. The summed E-state index contributed by atoms with van der Waals surface area (Å²) in [7, 11) is 1.33. The van der Waals surface area contributed by atoms with Gasteiger partial charge in [-0.15, -0.1) is 0 Å². The van der Waals surface area contributed by atoms with Crippen LogP contribution in [0.25, 0.3) is 0 Å². The number of carbonyl (C=O) groups is 2. The number of hydrogen-bond donors (Lipinski definition) is 1. The van der Waals surface area contributed by atoms with Gasteiger partial charge in [0.25, 0.3) is 0 Å². The minimum Gasteiger partial charge on any atom is -0.469 e. The highest BCUT2D eigenvalue weighted by Crippen LogP contribution is 2.16. The largest absolute Gasteiger partial charge is 0.469 e. The predicted molar refractivity (Wildman–Crippen MR) is 131 cm³/mol. The molecule has 8 nitrogen and oxygen atoms in total. The molecule has 0 bridgehead atoms. The van der Waals surface area contributed by atoms with Crippen LogP contribution in [0.4, 0.5) is 19.3 Å². The minimum atomic E-state index is -0.803. The summed E-state index contributed by atoms with van der Waals surface area (Å²) < 4.78 is 42.4. The smallest absolute Gasteiger partial charge is 0.321 e. The van der Waals surface area contributed by atoms with Gasteiger partial charge in [0.2, 0.25) is 0 Å². The van der Waals surface area contributed by atoms with Gasteiger partial charge in [-0.25, -0.2) is 13.6 Å². The number of nitrogens with zero attached hydrogens (tertiary/aromatic N) is 2. The molecule has 0 radical (unpaired) electrons. The first kappa shape index (κ1) is 29.2. The van der Waals surface area contributed by atoms with Crippen molar-refractivity contribution in [3.05, 3.63) is 47.4 Å². The number of benzene rings is 1. The lowest BCUT2D eigenvalue weighted by Gasteiger charge is -2.23. The zero-order chi connectivity index (χ0) is 26.2. The number of carbonyl (C=O) groups excluding carboxylic acids is 2. The van der Waals surface area contributed by atoms with E-state index in [1.807, 2.05) is 6.07 Å². The molecule has 0 saturated carbocycles. The quantitative estimate of drug-likeness (QED) is 0.212. The van der Waals surface area contributed by atoms with Crippen LogP contribution in [-0.4, -0.2) is 48.9 Å². The van der Waals surface area contributed by atoms with Gasteiger partial charge in [0, 0.05) is 25.2 Å². The van der Waals surface area contributed by atoms with Crippen LogP contribution in [0.3, 0.4) is 0 Å². The number of hydrogen-bond acceptors (Lipinski definition) is 6. The molecule has 1 aromatic heterocycles. The van der Waals surface area contributed by atoms with Crippen molar-refractivity contribution in [2.45, 2.75) is 71.3 Å². The van der Waals surface area contributed by atoms with E-state index in [9.17, 15) is 18.4 Å². The van der Waals surface area contributed by atoms with E-state index in [-0.39, 0.29) is 31.3 Å². The first-order valence-electron chi connectivity index (χ1n) is 12.5. The van der Waals surface area contributed by atoms with Crippen LogP contribution in [0.15, 0.2) is 28.8 Å². The molecule has 1 N–H and O–H groups in total. The van der Waals surface area contributed by atoms with Crippen LogP contribution >= 0.6 is 0 Å². The molecule has 0 fully saturated rings. The van der Waals surface area contributed by atoms with Crippen LogP contribution in [0.2, 0.25) is 0 Å². The van der Waals surface area contributed by atoms with E-state index in [2.05, 4.69) is 22.1 Å². The molecular weight excluding hydrogens is 472 g/mol. The number of aromatic nitrogens is 1. The van der Waals surface area contributed by atoms with E-state index in [1.165, 1.54) is 13.2 Å². The molecular formula is C26H37F2N3O5. The fraction of sp³-hybridized carbons (Fsp3) is 0.577. The Morgan fingerprint density at radius 2 is 1.81 bits per heavy atom. The van der Waals surface area contributed by atoms with Crippen molar-refractivity contribution in [1.82, 2.24) is 10.1 Å². The maximum absolute atomic E-state index is 14.0. The molecule has 0 aliphatic heterocycles. The van der Waals surface area contributed by atoms with Crippen molar-refractivity contribution in [1.29, 1.82) is 0 Å². The molecule has 1 heterocycles. The van der Waals surface area contributed by atoms with E-state index in [1.54, 1.807) is 4.90 Å². The van der Waals surface area contributed by atoms with E-state index < -0.39 is 17.7 Å². The van der Waals surface area contributed by atoms with Crippen molar-refractivity contribution < 1.29 is 32.4 Å². The van der Waals surface area contributed by atoms with Crippen molar-refractivity contribution in [2.75, 3.05) is 32.1 Å². The molecule has 36 heavy (non-hydrogen) atoms. The molecule has 200 valence electrons. The zero-order valence-electron chi connectivity index (χ0n) is 21.2. The number of esters is 1. The number of rotatable bonds is 17. The molecule has 0 aliphatic rings. The highest BCUT2D eigenvalue weighted by Gasteiger charge is 2.16. The molecule has 2 aromatic rings. The average molecular weight is 510 g/mol. The lowest BCUT2D eigenvalue weighted by molar-refractivity contribution is -0.142. The molecule has 0 atom stereocenters. The summed E-state index contributed by atoms with van der Waals surface area (Å²) in [6, 6.07) is 4.51. The SMILES string of the molecule is CCCCCCCN(CCCCc1cc(COCCC(=O)OC)on1)C(=O)Nc1ccc(F)cc1F. The third-order valence-corrected chi connectivity index (χ3v) is 5.63. The summed E-state index contributed by atoms with van der Waals surface area (Å²) in [4.78, 5) is 25.6. The summed E-state index contributed by atoms with van der Waals surface area (Å²) in [6.07, 6.45) is 7.64. The molecule has 0 aliphatic carbocycles. The van der Waals surface area contributed by atoms with Gasteiger partial charge in [-0.05, 0) is 37.8 Å². The molecule has 1 aromatic carbocycles. The van der Waals surface area contributed by atoms with E-state index in [0.717, 1.165) is 62.8 Å². The molecule has 0 unspecified atom stereocenters. The Bertz CT molecular complexity index is 938. The number of unbranched alkanes of at least 4 members (excludes halogenated alkanes) is 5. The summed E-state index contributed by atoms with van der Waals surface area (Å²) in [6.45, 7) is 3.67. The van der Waals surface area contributed by atoms with Gasteiger partial charge in [0.05, 0.1) is 31.5 Å². The third-order valence-electron chi connectivity index (χ3n) is 5.63. The Morgan fingerprint density at radius 3 is 2.53 bits per heavy atom. The zero-order valence-corrected chi connectivity index (χ0v) is 21.2. The molecule has 2 amide bonds. The minimum absolute atomic E-state index is 0.0404. The van der Waals surface area contributed by atoms with Crippen molar-refractivity contribution in [2.24, 2.45) is 0 Å². The average Bonchev–Trinajstić information content (AvgIpc) is 3.32. The lowest BCUT2D eigenvalue weighted by Crippen LogP contribution is -2.36. The van der Waals surface area contributed by atoms with Gasteiger partial charge in [-0.3, -0.25) is 4.79 Å². The van der Waals surface area contributed by atoms with Crippen LogP contribution in [0.1, 0.15) is 69.7 Å². The predicted octanol–water partition coefficient (Wildman–Crippen LogP) is 5.86. The number of halogens is 2. The van der Waals surface area contributed by atoms with Crippen LogP contribution < -0.4 is 5.32 Å². The number of ether oxygens (including phenoxy) is 2. The van der Waals surface area contributed by atoms with Crippen molar-refractivity contribution in [3.63, 3.8) is 0 Å². The van der Waals surface area contributed by atoms with Gasteiger partial charge in [-0.2, -0.15) is 0 Å². The van der Waals surface area contributed by atoms with Crippen molar-refractivity contribution in [3.8, 4) is 0 Å². The number of urea groups is 1. The Balaban J connectivity index is 1.79. The second-order valence-electron chi connectivity index (χ2n) is 8.58. The first-order chi connectivity index (χ1) is 17.4. The van der Waals surface area contributed by atoms with Crippen LogP contribution in [0.5, 0.6) is 0 Å². The Hall–Kier alpha value is -3.01. The highest BCUT2D eigenvalue weighted by molar-refractivity contribution is 5.89. The Morgan fingerprint density at radius 1 is 1.06 bits per heavy atom. The first-order valence-corrected chi connectivity index (χ1v) is 12.5. The lowest BCUT2D eigenvalue weighted by atomic mass is 10.1. The maximum atomic E-state index is 14.0. The number of nitrogens with one attached hydrogen (secondary N) is 1. The third kappa shape index (κ3) is 11.2. The fourth-order valence-corrected chi connectivity index (χ4v) is 3.59. The Labute approximate surface area is 211 Å². The van der Waals surface area contributed by atoms with Gasteiger partial charge < -0.3 is 24.2 Å². The van der Waals surface area contributed by atoms with Crippen LogP contribution in [-0.2, 0) is 27.3 Å². The van der Waals surface area contributed by atoms with E-state index >= 15 is 0 Å².